The van der Waals surface area contributed by atoms with E-state index in [1.165, 1.54) is 34.4 Å². The van der Waals surface area contributed by atoms with Crippen LogP contribution in [0.4, 0.5) is 0 Å². The summed E-state index contributed by atoms with van der Waals surface area (Å²) in [7, 11) is 0. The van der Waals surface area contributed by atoms with Crippen LogP contribution < -0.4 is 5.73 Å². The van der Waals surface area contributed by atoms with E-state index in [1.807, 2.05) is 12.3 Å². The van der Waals surface area contributed by atoms with E-state index in [9.17, 15) is 0 Å². The Bertz CT molecular complexity index is 619. The van der Waals surface area contributed by atoms with Crippen LogP contribution in [-0.2, 0) is 6.42 Å². The summed E-state index contributed by atoms with van der Waals surface area (Å²) in [6.45, 7) is 4.32. The second-order valence-electron chi connectivity index (χ2n) is 5.86. The molecular formula is C18H22N2. The summed E-state index contributed by atoms with van der Waals surface area (Å²) in [4.78, 5) is 4.62. The molecule has 0 amide bonds. The molecule has 0 radical (unpaired) electrons. The van der Waals surface area contributed by atoms with Crippen molar-refractivity contribution in [3.8, 4) is 0 Å². The minimum absolute atomic E-state index is 0.0452. The van der Waals surface area contributed by atoms with Crippen molar-refractivity contribution in [2.75, 3.05) is 0 Å². The molecule has 2 aromatic rings. The van der Waals surface area contributed by atoms with Gasteiger partial charge in [-0.05, 0) is 61.4 Å². The molecule has 1 aliphatic rings. The summed E-state index contributed by atoms with van der Waals surface area (Å²) in [6.07, 6.45) is 5.38. The quantitative estimate of drug-likeness (QED) is 0.897. The molecule has 1 aromatic carbocycles. The number of hydrogen-bond acceptors (Lipinski definition) is 2. The SMILES string of the molecule is Cc1cccc(C(N)C2CCCc3cccnc32)c1C. The second-order valence-corrected chi connectivity index (χ2v) is 5.86. The zero-order valence-electron chi connectivity index (χ0n) is 12.3. The van der Waals surface area contributed by atoms with Gasteiger partial charge >= 0.3 is 0 Å². The van der Waals surface area contributed by atoms with Crippen molar-refractivity contribution in [2.45, 2.75) is 45.1 Å². The maximum Gasteiger partial charge on any atom is 0.0485 e. The molecule has 3 rings (SSSR count). The van der Waals surface area contributed by atoms with Crippen LogP contribution in [-0.4, -0.2) is 4.98 Å². The third kappa shape index (κ3) is 2.25. The highest BCUT2D eigenvalue weighted by Gasteiger charge is 2.28. The normalized spacial score (nSPS) is 19.4. The predicted octanol–water partition coefficient (Wildman–Crippen LogP) is 3.82. The molecule has 2 atom stereocenters. The smallest absolute Gasteiger partial charge is 0.0485 e. The van der Waals surface area contributed by atoms with Gasteiger partial charge in [-0.25, -0.2) is 0 Å². The minimum Gasteiger partial charge on any atom is -0.323 e. The van der Waals surface area contributed by atoms with Crippen LogP contribution in [0.2, 0.25) is 0 Å². The number of rotatable bonds is 2. The van der Waals surface area contributed by atoms with Crippen molar-refractivity contribution >= 4 is 0 Å². The van der Waals surface area contributed by atoms with E-state index in [-0.39, 0.29) is 6.04 Å². The molecule has 0 saturated heterocycles. The highest BCUT2D eigenvalue weighted by atomic mass is 14.7. The Morgan fingerprint density at radius 3 is 2.90 bits per heavy atom. The number of nitrogens with zero attached hydrogens (tertiary/aromatic N) is 1. The van der Waals surface area contributed by atoms with Crippen LogP contribution in [0.1, 0.15) is 52.7 Å². The van der Waals surface area contributed by atoms with E-state index in [0.29, 0.717) is 5.92 Å². The Hall–Kier alpha value is -1.67. The van der Waals surface area contributed by atoms with Crippen molar-refractivity contribution < 1.29 is 0 Å². The van der Waals surface area contributed by atoms with Crippen LogP contribution in [0.5, 0.6) is 0 Å². The maximum absolute atomic E-state index is 6.61. The van der Waals surface area contributed by atoms with Gasteiger partial charge in [0.25, 0.3) is 0 Å². The van der Waals surface area contributed by atoms with Crippen LogP contribution >= 0.6 is 0 Å². The number of aromatic nitrogens is 1. The molecule has 0 saturated carbocycles. The van der Waals surface area contributed by atoms with Gasteiger partial charge in [-0.3, -0.25) is 4.98 Å². The molecular weight excluding hydrogens is 244 g/mol. The first-order valence-corrected chi connectivity index (χ1v) is 7.44. The fraction of sp³-hybridized carbons (Fsp3) is 0.389. The van der Waals surface area contributed by atoms with E-state index in [1.54, 1.807) is 0 Å². The second kappa shape index (κ2) is 5.37. The molecule has 0 aliphatic heterocycles. The molecule has 1 heterocycles. The van der Waals surface area contributed by atoms with Gasteiger partial charge in [0.2, 0.25) is 0 Å². The number of fused-ring (bicyclic) bond motifs is 1. The van der Waals surface area contributed by atoms with Crippen LogP contribution in [0.15, 0.2) is 36.5 Å². The molecule has 1 aromatic heterocycles. The lowest BCUT2D eigenvalue weighted by molar-refractivity contribution is 0.461. The Morgan fingerprint density at radius 2 is 2.05 bits per heavy atom. The van der Waals surface area contributed by atoms with Crippen molar-refractivity contribution in [2.24, 2.45) is 5.73 Å². The lowest BCUT2D eigenvalue weighted by Gasteiger charge is -2.30. The third-order valence-corrected chi connectivity index (χ3v) is 4.68. The van der Waals surface area contributed by atoms with Gasteiger partial charge in [-0.2, -0.15) is 0 Å². The van der Waals surface area contributed by atoms with Crippen molar-refractivity contribution in [1.82, 2.24) is 4.98 Å². The molecule has 2 nitrogen and oxygen atoms in total. The number of benzene rings is 1. The average Bonchev–Trinajstić information content (AvgIpc) is 2.49. The van der Waals surface area contributed by atoms with Gasteiger partial charge in [0.05, 0.1) is 0 Å². The molecule has 1 aliphatic carbocycles. The molecule has 2 heteroatoms. The largest absolute Gasteiger partial charge is 0.323 e. The molecule has 2 unspecified atom stereocenters. The van der Waals surface area contributed by atoms with E-state index in [0.717, 1.165) is 12.8 Å². The molecule has 20 heavy (non-hydrogen) atoms. The van der Waals surface area contributed by atoms with Crippen LogP contribution in [0.25, 0.3) is 0 Å². The van der Waals surface area contributed by atoms with Crippen molar-refractivity contribution in [1.29, 1.82) is 0 Å². The van der Waals surface area contributed by atoms with Crippen molar-refractivity contribution in [3.63, 3.8) is 0 Å². The fourth-order valence-electron chi connectivity index (χ4n) is 3.35. The number of pyridine rings is 1. The standard InChI is InChI=1S/C18H22N2/c1-12-6-3-9-15(13(12)2)17(19)16-10-4-7-14-8-5-11-20-18(14)16/h3,5-6,8-9,11,16-17H,4,7,10,19H2,1-2H3. The molecule has 0 bridgehead atoms. The van der Waals surface area contributed by atoms with E-state index in [2.05, 4.69) is 43.1 Å². The highest BCUT2D eigenvalue weighted by Crippen LogP contribution is 2.38. The van der Waals surface area contributed by atoms with Crippen LogP contribution in [0, 0.1) is 13.8 Å². The summed E-state index contributed by atoms with van der Waals surface area (Å²) in [5.41, 5.74) is 13.1. The third-order valence-electron chi connectivity index (χ3n) is 4.68. The lowest BCUT2D eigenvalue weighted by atomic mass is 9.79. The summed E-state index contributed by atoms with van der Waals surface area (Å²) in [5, 5.41) is 0. The lowest BCUT2D eigenvalue weighted by Crippen LogP contribution is -2.25. The summed E-state index contributed by atoms with van der Waals surface area (Å²) in [5.74, 6) is 0.348. The fourth-order valence-corrected chi connectivity index (χ4v) is 3.35. The van der Waals surface area contributed by atoms with Gasteiger partial charge in [-0.1, -0.05) is 24.3 Å². The predicted molar refractivity (Wildman–Crippen MR) is 82.8 cm³/mol. The number of nitrogens with two attached hydrogens (primary N) is 1. The topological polar surface area (TPSA) is 38.9 Å². The first kappa shape index (κ1) is 13.3. The van der Waals surface area contributed by atoms with Gasteiger partial charge in [0.15, 0.2) is 0 Å². The van der Waals surface area contributed by atoms with Crippen LogP contribution in [0.3, 0.4) is 0 Å². The summed E-state index contributed by atoms with van der Waals surface area (Å²) in [6, 6.07) is 10.7. The van der Waals surface area contributed by atoms with E-state index >= 15 is 0 Å². The molecule has 104 valence electrons. The van der Waals surface area contributed by atoms with Gasteiger partial charge in [-0.15, -0.1) is 0 Å². The summed E-state index contributed by atoms with van der Waals surface area (Å²) < 4.78 is 0. The van der Waals surface area contributed by atoms with Gasteiger partial charge in [0.1, 0.15) is 0 Å². The molecule has 0 fully saturated rings. The molecule has 0 spiro atoms. The highest BCUT2D eigenvalue weighted by molar-refractivity contribution is 5.38. The molecule has 2 N–H and O–H groups in total. The Labute approximate surface area is 121 Å². The number of aryl methyl sites for hydroxylation is 2. The Balaban J connectivity index is 2.00. The number of hydrogen-bond donors (Lipinski definition) is 1. The maximum atomic E-state index is 6.61. The first-order chi connectivity index (χ1) is 9.68. The van der Waals surface area contributed by atoms with Crippen molar-refractivity contribution in [3.05, 3.63) is 64.5 Å². The first-order valence-electron chi connectivity index (χ1n) is 7.44. The Morgan fingerprint density at radius 1 is 1.20 bits per heavy atom. The zero-order valence-corrected chi connectivity index (χ0v) is 12.3. The minimum atomic E-state index is 0.0452. The van der Waals surface area contributed by atoms with E-state index < -0.39 is 0 Å². The van der Waals surface area contributed by atoms with Gasteiger partial charge in [0, 0.05) is 23.9 Å². The van der Waals surface area contributed by atoms with Gasteiger partial charge < -0.3 is 5.73 Å². The zero-order chi connectivity index (χ0) is 14.1. The van der Waals surface area contributed by atoms with E-state index in [4.69, 9.17) is 5.73 Å². The average molecular weight is 266 g/mol. The Kier molecular flexibility index (Phi) is 3.58. The monoisotopic (exact) mass is 266 g/mol. The summed E-state index contributed by atoms with van der Waals surface area (Å²) >= 11 is 0.